The fourth-order valence-corrected chi connectivity index (χ4v) is 4.57. The largest absolute Gasteiger partial charge is 0.495 e. The minimum atomic E-state index is -3.70. The van der Waals surface area contributed by atoms with Crippen molar-refractivity contribution in [2.24, 2.45) is 0 Å². The molecule has 1 N–H and O–H groups in total. The predicted molar refractivity (Wildman–Crippen MR) is 110 cm³/mol. The first kappa shape index (κ1) is 21.7. The third-order valence-electron chi connectivity index (χ3n) is 3.94. The normalized spacial score (nSPS) is 11.5. The van der Waals surface area contributed by atoms with Gasteiger partial charge in [0.2, 0.25) is 10.0 Å². The highest BCUT2D eigenvalue weighted by Gasteiger charge is 2.24. The summed E-state index contributed by atoms with van der Waals surface area (Å²) in [6.07, 6.45) is 0. The van der Waals surface area contributed by atoms with Gasteiger partial charge in [-0.15, -0.1) is 0 Å². The van der Waals surface area contributed by atoms with E-state index in [1.54, 1.807) is 32.0 Å². The smallest absolute Gasteiger partial charge is 0.257 e. The summed E-state index contributed by atoms with van der Waals surface area (Å²) in [4.78, 5) is 12.7. The molecule has 2 rings (SSSR count). The predicted octanol–water partition coefficient (Wildman–Crippen LogP) is 4.39. The molecule has 2 aromatic rings. The zero-order valence-corrected chi connectivity index (χ0v) is 18.3. The standard InChI is InChI=1S/C18H20BrClN2O4S/c1-4-22(5-2)27(24,25)13-7-8-15(20)14(11-13)18(23)21-16-10-12(19)6-9-17(16)26-3/h6-11H,4-5H2,1-3H3,(H,21,23). The number of halogens is 2. The van der Waals surface area contributed by atoms with E-state index in [1.165, 1.54) is 29.6 Å². The van der Waals surface area contributed by atoms with E-state index in [2.05, 4.69) is 21.2 Å². The van der Waals surface area contributed by atoms with Gasteiger partial charge in [0.1, 0.15) is 5.75 Å². The maximum atomic E-state index is 12.7. The topological polar surface area (TPSA) is 75.7 Å². The minimum absolute atomic E-state index is 0.0157. The molecule has 0 unspecified atom stereocenters. The summed E-state index contributed by atoms with van der Waals surface area (Å²) < 4.78 is 32.7. The van der Waals surface area contributed by atoms with E-state index in [9.17, 15) is 13.2 Å². The number of hydrogen-bond donors (Lipinski definition) is 1. The molecule has 0 spiro atoms. The highest BCUT2D eigenvalue weighted by molar-refractivity contribution is 9.10. The molecule has 0 radical (unpaired) electrons. The van der Waals surface area contributed by atoms with Gasteiger partial charge in [-0.05, 0) is 36.4 Å². The van der Waals surface area contributed by atoms with Gasteiger partial charge in [0.25, 0.3) is 5.91 Å². The second kappa shape index (κ2) is 9.05. The van der Waals surface area contributed by atoms with E-state index in [4.69, 9.17) is 16.3 Å². The Morgan fingerprint density at radius 2 is 1.85 bits per heavy atom. The average molecular weight is 476 g/mol. The lowest BCUT2D eigenvalue weighted by atomic mass is 10.2. The van der Waals surface area contributed by atoms with Crippen molar-refractivity contribution in [1.29, 1.82) is 0 Å². The Labute approximate surface area is 172 Å². The Kier molecular flexibility index (Phi) is 7.27. The summed E-state index contributed by atoms with van der Waals surface area (Å²) in [5, 5.41) is 2.86. The molecule has 1 amide bonds. The second-order valence-corrected chi connectivity index (χ2v) is 8.79. The summed E-state index contributed by atoms with van der Waals surface area (Å²) in [5.74, 6) is -0.0670. The molecule has 0 aliphatic rings. The van der Waals surface area contributed by atoms with E-state index >= 15 is 0 Å². The average Bonchev–Trinajstić information content (AvgIpc) is 2.62. The molecule has 0 aliphatic heterocycles. The number of ether oxygens (including phenoxy) is 1. The van der Waals surface area contributed by atoms with E-state index in [1.807, 2.05) is 0 Å². The third-order valence-corrected chi connectivity index (χ3v) is 6.80. The molecule has 146 valence electrons. The van der Waals surface area contributed by atoms with Gasteiger partial charge < -0.3 is 10.1 Å². The molecule has 6 nitrogen and oxygen atoms in total. The first-order chi connectivity index (χ1) is 12.7. The number of nitrogens with one attached hydrogen (secondary N) is 1. The van der Waals surface area contributed by atoms with Crippen LogP contribution in [0.3, 0.4) is 0 Å². The number of sulfonamides is 1. The van der Waals surface area contributed by atoms with Crippen molar-refractivity contribution in [3.63, 3.8) is 0 Å². The van der Waals surface area contributed by atoms with Crippen LogP contribution in [-0.4, -0.2) is 38.8 Å². The van der Waals surface area contributed by atoms with Gasteiger partial charge in [-0.25, -0.2) is 8.42 Å². The van der Waals surface area contributed by atoms with Gasteiger partial charge in [0.15, 0.2) is 0 Å². The molecular weight excluding hydrogens is 456 g/mol. The third kappa shape index (κ3) is 4.82. The zero-order valence-electron chi connectivity index (χ0n) is 15.1. The Hall–Kier alpha value is -1.61. The van der Waals surface area contributed by atoms with E-state index in [-0.39, 0.29) is 15.5 Å². The molecule has 0 bridgehead atoms. The van der Waals surface area contributed by atoms with E-state index < -0.39 is 15.9 Å². The molecule has 0 heterocycles. The molecule has 0 fully saturated rings. The van der Waals surface area contributed by atoms with Gasteiger partial charge >= 0.3 is 0 Å². The molecule has 0 aliphatic carbocycles. The van der Waals surface area contributed by atoms with Crippen LogP contribution in [0.2, 0.25) is 5.02 Å². The molecule has 2 aromatic carbocycles. The van der Waals surface area contributed by atoms with Crippen molar-refractivity contribution < 1.29 is 17.9 Å². The second-order valence-electron chi connectivity index (χ2n) is 5.53. The van der Waals surface area contributed by atoms with Crippen molar-refractivity contribution in [2.45, 2.75) is 18.7 Å². The fraction of sp³-hybridized carbons (Fsp3) is 0.278. The molecule has 0 atom stereocenters. The van der Waals surface area contributed by atoms with Crippen LogP contribution in [0.1, 0.15) is 24.2 Å². The number of benzene rings is 2. The summed E-state index contributed by atoms with van der Waals surface area (Å²) >= 11 is 9.49. The van der Waals surface area contributed by atoms with Crippen LogP contribution in [0, 0.1) is 0 Å². The Balaban J connectivity index is 2.42. The van der Waals surface area contributed by atoms with Crippen molar-refractivity contribution >= 4 is 49.1 Å². The highest BCUT2D eigenvalue weighted by Crippen LogP contribution is 2.30. The Morgan fingerprint density at radius 3 is 2.44 bits per heavy atom. The first-order valence-electron chi connectivity index (χ1n) is 8.19. The molecule has 27 heavy (non-hydrogen) atoms. The van der Waals surface area contributed by atoms with E-state index in [0.717, 1.165) is 4.47 Å². The van der Waals surface area contributed by atoms with Crippen LogP contribution >= 0.6 is 27.5 Å². The summed E-state index contributed by atoms with van der Waals surface area (Å²) in [7, 11) is -2.21. The van der Waals surface area contributed by atoms with Gasteiger partial charge in [0, 0.05) is 17.6 Å². The van der Waals surface area contributed by atoms with Gasteiger partial charge in [-0.3, -0.25) is 4.79 Å². The molecule has 0 saturated carbocycles. The zero-order chi connectivity index (χ0) is 20.2. The number of carbonyl (C=O) groups excluding carboxylic acids is 1. The van der Waals surface area contributed by atoms with Crippen LogP contribution in [0.4, 0.5) is 5.69 Å². The minimum Gasteiger partial charge on any atom is -0.495 e. The summed E-state index contributed by atoms with van der Waals surface area (Å²) in [6.45, 7) is 4.17. The van der Waals surface area contributed by atoms with Crippen molar-refractivity contribution in [1.82, 2.24) is 4.31 Å². The van der Waals surface area contributed by atoms with Gasteiger partial charge in [0.05, 0.1) is 28.3 Å². The lowest BCUT2D eigenvalue weighted by Gasteiger charge is -2.19. The summed E-state index contributed by atoms with van der Waals surface area (Å²) in [6, 6.07) is 9.25. The highest BCUT2D eigenvalue weighted by atomic mass is 79.9. The van der Waals surface area contributed by atoms with Crippen LogP contribution in [0.25, 0.3) is 0 Å². The number of rotatable bonds is 7. The maximum Gasteiger partial charge on any atom is 0.257 e. The number of nitrogens with zero attached hydrogens (tertiary/aromatic N) is 1. The number of methoxy groups -OCH3 is 1. The van der Waals surface area contributed by atoms with Crippen molar-refractivity contribution in [3.05, 3.63) is 51.5 Å². The summed E-state index contributed by atoms with van der Waals surface area (Å²) in [5.41, 5.74) is 0.497. The van der Waals surface area contributed by atoms with E-state index in [0.29, 0.717) is 24.5 Å². The Bertz CT molecular complexity index is 946. The van der Waals surface area contributed by atoms with Crippen molar-refractivity contribution in [2.75, 3.05) is 25.5 Å². The molecule has 9 heteroatoms. The van der Waals surface area contributed by atoms with Crippen LogP contribution in [-0.2, 0) is 10.0 Å². The lowest BCUT2D eigenvalue weighted by molar-refractivity contribution is 0.102. The number of hydrogen-bond acceptors (Lipinski definition) is 4. The number of anilines is 1. The lowest BCUT2D eigenvalue weighted by Crippen LogP contribution is -2.30. The quantitative estimate of drug-likeness (QED) is 0.644. The number of carbonyl (C=O) groups is 1. The SMILES string of the molecule is CCN(CC)S(=O)(=O)c1ccc(Cl)c(C(=O)Nc2cc(Br)ccc2OC)c1. The van der Waals surface area contributed by atoms with Gasteiger partial charge in [-0.2, -0.15) is 4.31 Å². The monoisotopic (exact) mass is 474 g/mol. The van der Waals surface area contributed by atoms with Crippen molar-refractivity contribution in [3.8, 4) is 5.75 Å². The molecule has 0 saturated heterocycles. The van der Waals surface area contributed by atoms with Crippen LogP contribution in [0.15, 0.2) is 45.8 Å². The molecule has 0 aromatic heterocycles. The number of amides is 1. The fourth-order valence-electron chi connectivity index (χ4n) is 2.52. The van der Waals surface area contributed by atoms with Crippen LogP contribution < -0.4 is 10.1 Å². The van der Waals surface area contributed by atoms with Crippen LogP contribution in [0.5, 0.6) is 5.75 Å². The first-order valence-corrected chi connectivity index (χ1v) is 10.8. The Morgan fingerprint density at radius 1 is 1.19 bits per heavy atom. The maximum absolute atomic E-state index is 12.7. The van der Waals surface area contributed by atoms with Gasteiger partial charge in [-0.1, -0.05) is 41.4 Å². The molecular formula is C18H20BrClN2O4S.